The summed E-state index contributed by atoms with van der Waals surface area (Å²) >= 11 is 19.3. The molecule has 34 nitrogen and oxygen atoms in total. The van der Waals surface area contributed by atoms with E-state index in [1.165, 1.54) is 35.5 Å². The van der Waals surface area contributed by atoms with Crippen molar-refractivity contribution in [1.82, 2.24) is 11.0 Å². The Morgan fingerprint density at radius 3 is 1.19 bits per heavy atom. The van der Waals surface area contributed by atoms with Crippen LogP contribution in [0.25, 0.3) is 0 Å². The number of fused-ring (bicyclic) bond motifs is 4. The Hall–Kier alpha value is -12.4. The third-order valence-electron chi connectivity index (χ3n) is 20.4. The molecule has 0 saturated carbocycles. The second-order valence-corrected chi connectivity index (χ2v) is 32.7. The van der Waals surface area contributed by atoms with Crippen LogP contribution in [0.3, 0.4) is 0 Å². The van der Waals surface area contributed by atoms with Gasteiger partial charge in [0.15, 0.2) is 13.2 Å². The van der Waals surface area contributed by atoms with E-state index in [4.69, 9.17) is 82.8 Å². The largest absolute Gasteiger partial charge is 0.507 e. The molecule has 0 bridgehead atoms. The quantitative estimate of drug-likeness (QED) is 0.0182. The number of aromatic hydroxyl groups is 4. The monoisotopic (exact) mass is 1930 g/mol. The van der Waals surface area contributed by atoms with Gasteiger partial charge in [0, 0.05) is 93.4 Å². The third kappa shape index (κ3) is 39.6. The van der Waals surface area contributed by atoms with Gasteiger partial charge >= 0.3 is 53.7 Å². The maximum atomic E-state index is 13.2. The summed E-state index contributed by atoms with van der Waals surface area (Å²) in [5.41, 5.74) is 14.4. The standard InChI is InChI=1S/C27H31NO3.C26H35ClN2O8.C24H31ClN2O10.C21H24ClNO7/c1-20-16-21(2)26-24(17-20)18-25(28-30-19-23-13-9-7-10-14-23)15-11-6-4-5-8-12-22(3)31-27(26)29;1-16-11-17(2)25(27)21-13-20(29-36-15-23(31)34-5)12-19(28-35-14-22(30)33-4)10-8-6-7-9-18(3)37-26(32)24(16)21;1-14-7-5-4-6-8-15(26-35-12-20(30)33-2)9-16(27-36-13-21(31)34-3)10-17-22(24(32)37-14)18(28)11-19(29)23(17)25;1-13-8-6-4-3-5-7-9-14(23-29-12-18(26)28-2)10-15-19(21(27)30-13)16(24)11-17(25)20(15)22/h5,7-11,13-17,22H,4,6,12,18-19H2,1-3H3;6-7,11,18-19,28H,8-10,12-15H2,1-5H3;4-5,11,14-15,26,28-29H,6-10,12-13H2,1-3H3;4,6-7,9,11,13,24-25H,3,5,8,10,12H2,1-2H3/b8-5+,15-11+,28-25?;7-6+,29-20+;5-4+,27-16+;6-4+,9-7+,23-14+/t22-;;;/m1.../s1. The number of nitrogens with one attached hydrogen (secondary N) is 2. The fourth-order valence-corrected chi connectivity index (χ4v) is 14.3. The number of benzene rings is 5. The van der Waals surface area contributed by atoms with Crippen molar-refractivity contribution in [2.75, 3.05) is 68.6 Å². The van der Waals surface area contributed by atoms with Gasteiger partial charge in [0.2, 0.25) is 19.8 Å². The zero-order valence-electron chi connectivity index (χ0n) is 78.1. The van der Waals surface area contributed by atoms with Gasteiger partial charge in [-0.05, 0) is 163 Å². The van der Waals surface area contributed by atoms with E-state index >= 15 is 0 Å². The Morgan fingerprint density at radius 1 is 0.393 bits per heavy atom. The molecule has 6 atom stereocenters. The molecular formula is C98H121Cl3N6O28. The van der Waals surface area contributed by atoms with E-state index in [1.54, 1.807) is 19.9 Å². The van der Waals surface area contributed by atoms with Crippen LogP contribution in [0.5, 0.6) is 23.0 Å². The van der Waals surface area contributed by atoms with Gasteiger partial charge in [-0.3, -0.25) is 9.68 Å². The van der Waals surface area contributed by atoms with Crippen molar-refractivity contribution in [3.8, 4) is 23.0 Å². The average Bonchev–Trinajstić information content (AvgIpc) is 0.803. The first-order valence-electron chi connectivity index (χ1n) is 43.7. The van der Waals surface area contributed by atoms with E-state index in [1.807, 2.05) is 139 Å². The third-order valence-corrected chi connectivity index (χ3v) is 21.7. The van der Waals surface area contributed by atoms with Crippen LogP contribution in [0.2, 0.25) is 15.1 Å². The number of carbonyl (C=O) groups is 9. The van der Waals surface area contributed by atoms with Gasteiger partial charge in [-0.2, -0.15) is 11.0 Å². The predicted octanol–water partition coefficient (Wildman–Crippen LogP) is 16.3. The van der Waals surface area contributed by atoms with Gasteiger partial charge in [0.05, 0.1) is 79.6 Å². The number of oxime groups is 4. The smallest absolute Gasteiger partial charge is 0.346 e. The van der Waals surface area contributed by atoms with E-state index in [0.717, 1.165) is 76.9 Å². The van der Waals surface area contributed by atoms with E-state index in [-0.39, 0.29) is 108 Å². The highest BCUT2D eigenvalue weighted by atomic mass is 35.5. The summed E-state index contributed by atoms with van der Waals surface area (Å²) in [6.45, 7) is 13.4. The number of carbonyl (C=O) groups excluding carboxylic acids is 9. The number of hydroxylamine groups is 2. The van der Waals surface area contributed by atoms with Crippen molar-refractivity contribution in [2.45, 2.75) is 214 Å². The average molecular weight is 1940 g/mol. The van der Waals surface area contributed by atoms with Crippen molar-refractivity contribution >= 4 is 111 Å². The van der Waals surface area contributed by atoms with Gasteiger partial charge in [0.25, 0.3) is 0 Å². The Kier molecular flexibility index (Phi) is 49.5. The summed E-state index contributed by atoms with van der Waals surface area (Å²) in [4.78, 5) is 141. The van der Waals surface area contributed by atoms with Crippen LogP contribution >= 0.6 is 34.8 Å². The molecule has 0 aliphatic carbocycles. The molecule has 0 fully saturated rings. The molecule has 732 valence electrons. The van der Waals surface area contributed by atoms with E-state index < -0.39 is 102 Å². The molecule has 9 rings (SSSR count). The molecule has 0 aromatic heterocycles. The first kappa shape index (κ1) is 111. The number of methoxy groups -OCH3 is 5. The number of phenols is 4. The number of aryl methyl sites for hydroxylation is 4. The lowest BCUT2D eigenvalue weighted by atomic mass is 9.92. The second kappa shape index (κ2) is 60.0. The van der Waals surface area contributed by atoms with Crippen molar-refractivity contribution in [3.63, 3.8) is 0 Å². The van der Waals surface area contributed by atoms with Crippen molar-refractivity contribution in [1.29, 1.82) is 0 Å². The van der Waals surface area contributed by atoms with Crippen LogP contribution < -0.4 is 11.0 Å². The predicted molar refractivity (Wildman–Crippen MR) is 505 cm³/mol. The summed E-state index contributed by atoms with van der Waals surface area (Å²) in [6.07, 6.45) is 30.9. The number of rotatable bonds is 20. The molecule has 135 heavy (non-hydrogen) atoms. The van der Waals surface area contributed by atoms with Gasteiger partial charge in [0.1, 0.15) is 65.1 Å². The molecule has 0 amide bonds. The zero-order chi connectivity index (χ0) is 98.9. The molecule has 4 aliphatic rings. The van der Waals surface area contributed by atoms with Gasteiger partial charge in [-0.25, -0.2) is 43.2 Å². The number of ether oxygens (including phenoxy) is 9. The first-order chi connectivity index (χ1) is 64.7. The zero-order valence-corrected chi connectivity index (χ0v) is 80.4. The van der Waals surface area contributed by atoms with Crippen molar-refractivity contribution in [2.24, 2.45) is 20.6 Å². The van der Waals surface area contributed by atoms with Gasteiger partial charge in [-0.1, -0.05) is 170 Å². The number of nitrogens with zero attached hydrogens (tertiary/aromatic N) is 4. The normalized spacial score (nSPS) is 20.9. The number of cyclic esters (lactones) is 4. The lowest BCUT2D eigenvalue weighted by molar-refractivity contribution is -0.150. The van der Waals surface area contributed by atoms with E-state index in [0.29, 0.717) is 104 Å². The van der Waals surface area contributed by atoms with Crippen LogP contribution in [0.4, 0.5) is 0 Å². The summed E-state index contributed by atoms with van der Waals surface area (Å²) in [5.74, 6) is -7.17. The lowest BCUT2D eigenvalue weighted by Crippen LogP contribution is -2.34. The van der Waals surface area contributed by atoms with Gasteiger partial charge < -0.3 is 82.4 Å². The molecular weight excluding hydrogens is 1820 g/mol. The summed E-state index contributed by atoms with van der Waals surface area (Å²) in [5, 5.41) is 57.7. The van der Waals surface area contributed by atoms with E-state index in [9.17, 15) is 63.6 Å². The van der Waals surface area contributed by atoms with Crippen molar-refractivity contribution in [3.05, 3.63) is 221 Å². The molecule has 5 unspecified atom stereocenters. The molecule has 0 spiro atoms. The summed E-state index contributed by atoms with van der Waals surface area (Å²) in [6, 6.07) is 17.1. The molecule has 0 saturated heterocycles. The van der Waals surface area contributed by atoms with E-state index in [2.05, 4.69) is 73.5 Å². The maximum Gasteiger partial charge on any atom is 0.346 e. The van der Waals surface area contributed by atoms with Crippen LogP contribution in [0.1, 0.15) is 209 Å². The number of hydrogen-bond acceptors (Lipinski definition) is 34. The Morgan fingerprint density at radius 2 is 0.756 bits per heavy atom. The number of hydrogen-bond donors (Lipinski definition) is 6. The minimum atomic E-state index is -0.835. The minimum Gasteiger partial charge on any atom is -0.507 e. The van der Waals surface area contributed by atoms with Crippen LogP contribution in [0, 0.1) is 27.7 Å². The molecule has 37 heteroatoms. The molecule has 4 heterocycles. The van der Waals surface area contributed by atoms with Crippen molar-refractivity contribution < 1.29 is 135 Å². The highest BCUT2D eigenvalue weighted by Crippen LogP contribution is 2.40. The topological polar surface area (TPSA) is 447 Å². The number of halogens is 3. The number of phenolic OH excluding ortho intramolecular Hbond substituents is 4. The lowest BCUT2D eigenvalue weighted by Gasteiger charge is -2.22. The Bertz CT molecular complexity index is 5000. The SMILES string of the molecule is COC(=O)CO/N=C1/Cc2c(Cl)c(C)cc(C)c2C(=O)OC(C)C/C=C/CCC(NOCC(=O)OC)C1.COC(=O)CO/N=C1/Cc2c(Cl)c(O)cc(O)c2C(=O)OC(C)C/C=C/CCC(NOCC(=O)OC)C1.COC(=O)CO/N=C1\C=C\CC/C=C/CC(C)OC(=O)c2c(O)cc(O)c(Cl)c2C1.Cc1cc(C)c2c(c1)CC(=NOCc1ccccc1)/C=C/CC/C=C/C[C@@H](C)OC2=O. The Balaban J connectivity index is 0.000000278. The number of esters is 9. The summed E-state index contributed by atoms with van der Waals surface area (Å²) in [7, 11) is 6.18. The number of allylic oxidation sites excluding steroid dienone is 8. The fourth-order valence-electron chi connectivity index (χ4n) is 13.6. The van der Waals surface area contributed by atoms with Crippen LogP contribution in [0.15, 0.2) is 154 Å². The molecule has 5 aromatic carbocycles. The Labute approximate surface area is 800 Å². The maximum absolute atomic E-state index is 13.2. The first-order valence-corrected chi connectivity index (χ1v) is 44.8. The van der Waals surface area contributed by atoms with Crippen LogP contribution in [-0.2, 0) is 128 Å². The van der Waals surface area contributed by atoms with Gasteiger partial charge in [-0.15, -0.1) is 0 Å². The van der Waals surface area contributed by atoms with Crippen LogP contribution in [-0.4, -0.2) is 202 Å². The molecule has 6 N–H and O–H groups in total. The molecule has 0 radical (unpaired) electrons. The minimum absolute atomic E-state index is 0.0543. The highest BCUT2D eigenvalue weighted by Gasteiger charge is 2.31. The molecule has 5 aromatic rings. The fraction of sp³-hybridized carbons (Fsp3) is 0.439. The summed E-state index contributed by atoms with van der Waals surface area (Å²) < 4.78 is 45.2. The second-order valence-electron chi connectivity index (χ2n) is 31.5. The molecule has 4 aliphatic heterocycles. The highest BCUT2D eigenvalue weighted by molar-refractivity contribution is 6.34.